The predicted octanol–water partition coefficient (Wildman–Crippen LogP) is 7.52. The van der Waals surface area contributed by atoms with Gasteiger partial charge in [-0.25, -0.2) is 26.6 Å². The number of methoxy groups -OCH3 is 1. The Morgan fingerprint density at radius 2 is 1.69 bits per heavy atom. The quantitative estimate of drug-likeness (QED) is 0.0716. The van der Waals surface area contributed by atoms with Crippen LogP contribution in [0.1, 0.15) is 49.9 Å². The first-order valence-corrected chi connectivity index (χ1v) is 18.9. The molecule has 0 saturated carbocycles. The summed E-state index contributed by atoms with van der Waals surface area (Å²) in [5, 5.41) is 10.6. The van der Waals surface area contributed by atoms with E-state index in [9.17, 15) is 22.7 Å². The molecule has 1 atom stereocenters. The molecular formula is C36H43ClF3N4O5S2+. The van der Waals surface area contributed by atoms with Gasteiger partial charge in [-0.15, -0.1) is 0 Å². The number of sulfonamides is 1. The number of ether oxygens (including phenoxy) is 1. The zero-order valence-corrected chi connectivity index (χ0v) is 32.0. The lowest BCUT2D eigenvalue weighted by Gasteiger charge is -2.28. The summed E-state index contributed by atoms with van der Waals surface area (Å²) in [5.74, 6) is -3.83. The Kier molecular flexibility index (Phi) is 12.6. The van der Waals surface area contributed by atoms with Crippen LogP contribution in [0, 0.1) is 17.5 Å². The van der Waals surface area contributed by atoms with Crippen molar-refractivity contribution in [2.75, 3.05) is 41.8 Å². The average Bonchev–Trinajstić information content (AvgIpc) is 3.48. The number of imidazole rings is 1. The van der Waals surface area contributed by atoms with Gasteiger partial charge in [0.1, 0.15) is 29.2 Å². The first-order chi connectivity index (χ1) is 23.8. The van der Waals surface area contributed by atoms with Gasteiger partial charge in [-0.1, -0.05) is 43.3 Å². The lowest BCUT2D eigenvalue weighted by atomic mass is 9.81. The smallest absolute Gasteiger partial charge is 0.322 e. The number of thioether (sulfide) groups is 1. The van der Waals surface area contributed by atoms with Crippen LogP contribution in [0.2, 0.25) is 5.02 Å². The summed E-state index contributed by atoms with van der Waals surface area (Å²) in [6.07, 6.45) is 2.79. The van der Waals surface area contributed by atoms with E-state index >= 15 is 8.78 Å². The van der Waals surface area contributed by atoms with Crippen LogP contribution in [0.25, 0.3) is 5.69 Å². The number of hydrogen-bond donors (Lipinski definition) is 1. The number of unbranched alkanes of at least 4 members (excludes halogenated alkanes) is 1. The number of hydrogen-bond acceptors (Lipinski definition) is 6. The van der Waals surface area contributed by atoms with Crippen LogP contribution in [0.5, 0.6) is 5.75 Å². The Morgan fingerprint density at radius 3 is 2.25 bits per heavy atom. The van der Waals surface area contributed by atoms with Crippen LogP contribution in [0.3, 0.4) is 0 Å². The van der Waals surface area contributed by atoms with Crippen molar-refractivity contribution in [2.24, 2.45) is 0 Å². The molecule has 0 aliphatic rings. The van der Waals surface area contributed by atoms with Crippen LogP contribution >= 0.6 is 23.4 Å². The van der Waals surface area contributed by atoms with Crippen LogP contribution in [-0.4, -0.2) is 85.7 Å². The first-order valence-electron chi connectivity index (χ1n) is 16.1. The maximum Gasteiger partial charge on any atom is 0.322 e. The van der Waals surface area contributed by atoms with Gasteiger partial charge in [-0.2, -0.15) is 4.31 Å². The third kappa shape index (κ3) is 9.28. The van der Waals surface area contributed by atoms with E-state index in [4.69, 9.17) is 16.3 Å². The number of benzene rings is 3. The highest BCUT2D eigenvalue weighted by atomic mass is 35.5. The number of likely N-dealkylation sites (N-methyl/N-ethyl adjacent to an activating group) is 1. The van der Waals surface area contributed by atoms with E-state index in [1.165, 1.54) is 19.2 Å². The molecule has 1 aromatic heterocycles. The van der Waals surface area contributed by atoms with Gasteiger partial charge in [0, 0.05) is 29.5 Å². The minimum absolute atomic E-state index is 0.0375. The summed E-state index contributed by atoms with van der Waals surface area (Å²) < 4.78 is 80.5. The van der Waals surface area contributed by atoms with Gasteiger partial charge < -0.3 is 14.3 Å². The van der Waals surface area contributed by atoms with Crippen molar-refractivity contribution in [3.8, 4) is 11.4 Å². The van der Waals surface area contributed by atoms with Crippen molar-refractivity contribution in [1.29, 1.82) is 0 Å². The van der Waals surface area contributed by atoms with Crippen LogP contribution < -0.4 is 4.74 Å². The number of halogens is 4. The fourth-order valence-electron chi connectivity index (χ4n) is 5.64. The monoisotopic (exact) mass is 767 g/mol. The molecule has 0 aliphatic carbocycles. The maximum absolute atomic E-state index is 15.6. The van der Waals surface area contributed by atoms with Gasteiger partial charge in [0.15, 0.2) is 5.16 Å². The van der Waals surface area contributed by atoms with E-state index in [0.717, 1.165) is 30.9 Å². The zero-order valence-electron chi connectivity index (χ0n) is 29.6. The van der Waals surface area contributed by atoms with Crippen molar-refractivity contribution in [1.82, 2.24) is 13.9 Å². The molecule has 0 radical (unpaired) electrons. The maximum atomic E-state index is 15.6. The molecule has 3 aromatic carbocycles. The molecule has 0 spiro atoms. The molecule has 0 bridgehead atoms. The minimum Gasteiger partial charge on any atom is -0.495 e. The average molecular weight is 768 g/mol. The number of rotatable bonds is 16. The number of quaternary nitrogens is 1. The molecular weight excluding hydrogens is 725 g/mol. The second kappa shape index (κ2) is 16.0. The number of nitrogens with zero attached hydrogens (tertiary/aromatic N) is 4. The molecule has 276 valence electrons. The van der Waals surface area contributed by atoms with Gasteiger partial charge in [0.2, 0.25) is 10.0 Å². The molecule has 4 rings (SSSR count). The third-order valence-corrected chi connectivity index (χ3v) is 11.9. The minimum atomic E-state index is -4.57. The summed E-state index contributed by atoms with van der Waals surface area (Å²) in [7, 11) is 4.02. The largest absolute Gasteiger partial charge is 0.495 e. The van der Waals surface area contributed by atoms with E-state index in [2.05, 4.69) is 4.98 Å². The molecule has 0 saturated heterocycles. The molecule has 0 aliphatic heterocycles. The molecule has 51 heavy (non-hydrogen) atoms. The number of carboxylic acid groups (broad SMARTS) is 1. The van der Waals surface area contributed by atoms with Crippen molar-refractivity contribution in [3.63, 3.8) is 0 Å². The fourth-order valence-corrected chi connectivity index (χ4v) is 8.21. The molecule has 0 amide bonds. The number of aliphatic carboxylic acids is 1. The Bertz CT molecular complexity index is 1960. The second-order valence-corrected chi connectivity index (χ2v) is 17.1. The standard InChI is InChI=1S/C36H42ClF3N4O5S2/c1-36(2,23-11-16-28(37)32(18-23)49-7)33-21-41-35(43(33)25-14-12-24(38)13-15-25)50-22-27-29(39)19-26(20-30(27)40)51(47,48)42(3)31(34(45)46)10-8-9-17-44(4,5)6/h11-16,18-21,31H,8-10,17,22H2,1-7H3/p+1/t31-/m1/s1. The van der Waals surface area contributed by atoms with E-state index in [1.54, 1.807) is 35.0 Å². The summed E-state index contributed by atoms with van der Waals surface area (Å²) in [4.78, 5) is 15.9. The van der Waals surface area contributed by atoms with E-state index in [-0.39, 0.29) is 12.2 Å². The van der Waals surface area contributed by atoms with Crippen LogP contribution in [0.15, 0.2) is 70.8 Å². The SMILES string of the molecule is COc1cc(C(C)(C)c2cnc(SCc3c(F)cc(S(=O)(=O)N(C)[C@H](CCCC[N+](C)(C)C)C(=O)O)cc3F)n2-c2ccc(F)cc2)ccc1Cl. The lowest BCUT2D eigenvalue weighted by molar-refractivity contribution is -0.870. The molecule has 15 heteroatoms. The van der Waals surface area contributed by atoms with Gasteiger partial charge in [-0.3, -0.25) is 9.36 Å². The second-order valence-electron chi connectivity index (χ2n) is 13.8. The Labute approximate surface area is 306 Å². The lowest BCUT2D eigenvalue weighted by Crippen LogP contribution is -2.42. The summed E-state index contributed by atoms with van der Waals surface area (Å²) in [5.41, 5.74) is 0.953. The molecule has 4 aromatic rings. The van der Waals surface area contributed by atoms with Gasteiger partial charge in [0.05, 0.1) is 56.6 Å². The highest BCUT2D eigenvalue weighted by Gasteiger charge is 2.34. The first kappa shape index (κ1) is 40.2. The normalized spacial score (nSPS) is 13.1. The zero-order chi connectivity index (χ0) is 37.9. The summed E-state index contributed by atoms with van der Waals surface area (Å²) in [6.45, 7) is 4.67. The topological polar surface area (TPSA) is 102 Å². The van der Waals surface area contributed by atoms with Crippen LogP contribution in [-0.2, 0) is 26.0 Å². The Hall–Kier alpha value is -3.56. The number of aromatic nitrogens is 2. The van der Waals surface area contributed by atoms with Crippen molar-refractivity contribution < 1.29 is 40.7 Å². The fraction of sp³-hybridized carbons (Fsp3) is 0.389. The Balaban J connectivity index is 1.64. The third-order valence-electron chi connectivity index (χ3n) is 8.75. The van der Waals surface area contributed by atoms with E-state index in [1.807, 2.05) is 41.1 Å². The molecule has 0 unspecified atom stereocenters. The van der Waals surface area contributed by atoms with Gasteiger partial charge in [-0.05, 0) is 73.4 Å². The van der Waals surface area contributed by atoms with E-state index < -0.39 is 55.4 Å². The number of carboxylic acids is 1. The van der Waals surface area contributed by atoms with Gasteiger partial charge >= 0.3 is 5.97 Å². The van der Waals surface area contributed by atoms with E-state index in [0.29, 0.717) is 61.1 Å². The van der Waals surface area contributed by atoms with Crippen molar-refractivity contribution >= 4 is 39.4 Å². The molecule has 1 heterocycles. The summed E-state index contributed by atoms with van der Waals surface area (Å²) >= 11 is 7.28. The highest BCUT2D eigenvalue weighted by molar-refractivity contribution is 7.98. The molecule has 1 N–H and O–H groups in total. The Morgan fingerprint density at radius 1 is 1.06 bits per heavy atom. The van der Waals surface area contributed by atoms with Crippen molar-refractivity contribution in [2.45, 2.75) is 60.4 Å². The van der Waals surface area contributed by atoms with Crippen molar-refractivity contribution in [3.05, 3.63) is 100 Å². The van der Waals surface area contributed by atoms with Crippen LogP contribution in [0.4, 0.5) is 13.2 Å². The van der Waals surface area contributed by atoms with Gasteiger partial charge in [0.25, 0.3) is 0 Å². The predicted molar refractivity (Wildman–Crippen MR) is 193 cm³/mol. The molecule has 9 nitrogen and oxygen atoms in total. The highest BCUT2D eigenvalue weighted by Crippen LogP contribution is 2.39. The molecule has 0 fully saturated rings. The number of carbonyl (C=O) groups is 1. The summed E-state index contributed by atoms with van der Waals surface area (Å²) in [6, 6.07) is 11.1.